The summed E-state index contributed by atoms with van der Waals surface area (Å²) in [6.07, 6.45) is 1.38. The molecule has 0 saturated carbocycles. The van der Waals surface area contributed by atoms with Gasteiger partial charge in [0.15, 0.2) is 0 Å². The molecule has 0 atom stereocenters. The maximum Gasteiger partial charge on any atom is 0.282 e. The van der Waals surface area contributed by atoms with Gasteiger partial charge >= 0.3 is 0 Å². The van der Waals surface area contributed by atoms with Crippen LogP contribution < -0.4 is 0 Å². The van der Waals surface area contributed by atoms with Gasteiger partial charge in [0.1, 0.15) is 0 Å². The van der Waals surface area contributed by atoms with Crippen LogP contribution in [0.3, 0.4) is 0 Å². The number of rotatable bonds is 3. The average Bonchev–Trinajstić information content (AvgIpc) is 2.45. The summed E-state index contributed by atoms with van der Waals surface area (Å²) >= 11 is 3.28. The fraction of sp³-hybridized carbons (Fsp3) is 0.235. The summed E-state index contributed by atoms with van der Waals surface area (Å²) in [4.78, 5) is 0.179. The number of sulfonamides is 1. The van der Waals surface area contributed by atoms with Gasteiger partial charge in [-0.1, -0.05) is 61.0 Å². The van der Waals surface area contributed by atoms with Crippen LogP contribution in [0.1, 0.15) is 31.9 Å². The van der Waals surface area contributed by atoms with Crippen LogP contribution in [0, 0.1) is 0 Å². The summed E-state index contributed by atoms with van der Waals surface area (Å²) in [5.74, 6) is 0. The highest BCUT2D eigenvalue weighted by Crippen LogP contribution is 2.22. The molecule has 0 aromatic heterocycles. The molecule has 3 nitrogen and oxygen atoms in total. The fourth-order valence-electron chi connectivity index (χ4n) is 1.87. The first-order chi connectivity index (χ1) is 10.2. The van der Waals surface area contributed by atoms with E-state index < -0.39 is 10.0 Å². The Kier molecular flexibility index (Phi) is 4.87. The second-order valence-corrected chi connectivity index (χ2v) is 8.58. The maximum atomic E-state index is 12.1. The van der Waals surface area contributed by atoms with Crippen molar-refractivity contribution in [3.8, 4) is 0 Å². The van der Waals surface area contributed by atoms with E-state index >= 15 is 0 Å². The lowest BCUT2D eigenvalue weighted by molar-refractivity contribution is 0.590. The van der Waals surface area contributed by atoms with E-state index in [0.29, 0.717) is 0 Å². The molecule has 2 rings (SSSR count). The Morgan fingerprint density at radius 2 is 1.50 bits per heavy atom. The zero-order chi connectivity index (χ0) is 16.4. The van der Waals surface area contributed by atoms with Crippen LogP contribution in [0.5, 0.6) is 0 Å². The van der Waals surface area contributed by atoms with Crippen molar-refractivity contribution >= 4 is 32.2 Å². The van der Waals surface area contributed by atoms with Crippen LogP contribution in [-0.2, 0) is 15.4 Å². The second kappa shape index (κ2) is 6.34. The van der Waals surface area contributed by atoms with Crippen LogP contribution in [0.2, 0.25) is 0 Å². The minimum atomic E-state index is -3.67. The Morgan fingerprint density at radius 1 is 0.955 bits per heavy atom. The molecule has 22 heavy (non-hydrogen) atoms. The minimum Gasteiger partial charge on any atom is -0.199 e. The summed E-state index contributed by atoms with van der Waals surface area (Å²) in [7, 11) is -3.67. The van der Waals surface area contributed by atoms with E-state index in [-0.39, 0.29) is 10.3 Å². The van der Waals surface area contributed by atoms with Gasteiger partial charge in [0.05, 0.1) is 4.90 Å². The molecule has 0 bridgehead atoms. The van der Waals surface area contributed by atoms with Crippen LogP contribution in [-0.4, -0.2) is 14.6 Å². The van der Waals surface area contributed by atoms with Gasteiger partial charge in [0.2, 0.25) is 0 Å². The molecule has 0 aliphatic carbocycles. The molecule has 116 valence electrons. The largest absolute Gasteiger partial charge is 0.282 e. The van der Waals surface area contributed by atoms with E-state index in [4.69, 9.17) is 0 Å². The van der Waals surface area contributed by atoms with Crippen molar-refractivity contribution in [2.75, 3.05) is 0 Å². The van der Waals surface area contributed by atoms with Crippen molar-refractivity contribution in [1.29, 1.82) is 0 Å². The van der Waals surface area contributed by atoms with E-state index in [1.165, 1.54) is 23.9 Å². The van der Waals surface area contributed by atoms with Gasteiger partial charge in [0.25, 0.3) is 10.0 Å². The molecule has 0 N–H and O–H groups in total. The Hall–Kier alpha value is -1.46. The highest BCUT2D eigenvalue weighted by atomic mass is 79.9. The molecular weight excluding hydrogens is 362 g/mol. The molecular formula is C17H18BrNO2S. The lowest BCUT2D eigenvalue weighted by Crippen LogP contribution is -2.10. The van der Waals surface area contributed by atoms with Gasteiger partial charge in [-0.15, -0.1) is 0 Å². The van der Waals surface area contributed by atoms with E-state index in [0.717, 1.165) is 10.0 Å². The van der Waals surface area contributed by atoms with Crippen molar-refractivity contribution in [3.05, 3.63) is 64.1 Å². The number of halogens is 1. The van der Waals surface area contributed by atoms with Gasteiger partial charge in [-0.3, -0.25) is 0 Å². The molecule has 0 amide bonds. The van der Waals surface area contributed by atoms with E-state index in [9.17, 15) is 8.42 Å². The highest BCUT2D eigenvalue weighted by molar-refractivity contribution is 9.10. The summed E-state index contributed by atoms with van der Waals surface area (Å²) in [6, 6.07) is 14.2. The monoisotopic (exact) mass is 379 g/mol. The standard InChI is InChI=1S/C17H18BrNO2S/c1-17(2,3)14-6-4-13(5-7-14)12-19-22(20,21)16-10-8-15(18)9-11-16/h4-12H,1-3H3. The van der Waals surface area contributed by atoms with Crippen molar-refractivity contribution in [1.82, 2.24) is 0 Å². The Balaban J connectivity index is 2.22. The quantitative estimate of drug-likeness (QED) is 0.734. The SMILES string of the molecule is CC(C)(C)c1ccc(C=NS(=O)(=O)c2ccc(Br)cc2)cc1. The Bertz CT molecular complexity index is 771. The molecule has 0 fully saturated rings. The number of benzene rings is 2. The lowest BCUT2D eigenvalue weighted by atomic mass is 9.87. The van der Waals surface area contributed by atoms with Crippen LogP contribution in [0.15, 0.2) is 62.3 Å². The average molecular weight is 380 g/mol. The van der Waals surface area contributed by atoms with Crippen LogP contribution in [0.4, 0.5) is 0 Å². The van der Waals surface area contributed by atoms with E-state index in [2.05, 4.69) is 41.1 Å². The topological polar surface area (TPSA) is 46.5 Å². The highest BCUT2D eigenvalue weighted by Gasteiger charge is 2.13. The molecule has 0 aliphatic rings. The predicted molar refractivity (Wildman–Crippen MR) is 94.1 cm³/mol. The number of hydrogen-bond donors (Lipinski definition) is 0. The first-order valence-electron chi connectivity index (χ1n) is 6.85. The predicted octanol–water partition coefficient (Wildman–Crippen LogP) is 4.55. The fourth-order valence-corrected chi connectivity index (χ4v) is 2.99. The van der Waals surface area contributed by atoms with Gasteiger partial charge in [-0.2, -0.15) is 12.8 Å². The van der Waals surface area contributed by atoms with Crippen LogP contribution >= 0.6 is 15.9 Å². The molecule has 2 aromatic rings. The van der Waals surface area contributed by atoms with Gasteiger partial charge < -0.3 is 0 Å². The first kappa shape index (κ1) is 16.9. The molecule has 5 heteroatoms. The minimum absolute atomic E-state index is 0.0686. The van der Waals surface area contributed by atoms with E-state index in [1.54, 1.807) is 12.1 Å². The first-order valence-corrected chi connectivity index (χ1v) is 9.08. The zero-order valence-electron chi connectivity index (χ0n) is 12.7. The summed E-state index contributed by atoms with van der Waals surface area (Å²) in [5.41, 5.74) is 2.02. The van der Waals surface area contributed by atoms with Crippen molar-refractivity contribution in [2.24, 2.45) is 4.40 Å². The number of hydrogen-bond acceptors (Lipinski definition) is 2. The van der Waals surface area contributed by atoms with Crippen molar-refractivity contribution < 1.29 is 8.42 Å². The third-order valence-corrected chi connectivity index (χ3v) is 5.01. The molecule has 0 spiro atoms. The van der Waals surface area contributed by atoms with Gasteiger partial charge in [-0.25, -0.2) is 0 Å². The second-order valence-electron chi connectivity index (χ2n) is 6.04. The van der Waals surface area contributed by atoms with Crippen LogP contribution in [0.25, 0.3) is 0 Å². The maximum absolute atomic E-state index is 12.1. The Labute approximate surface area is 140 Å². The van der Waals surface area contributed by atoms with E-state index in [1.807, 2.05) is 24.3 Å². The molecule has 0 unspecified atom stereocenters. The summed E-state index contributed by atoms with van der Waals surface area (Å²) < 4.78 is 28.8. The third-order valence-electron chi connectivity index (χ3n) is 3.23. The zero-order valence-corrected chi connectivity index (χ0v) is 15.1. The van der Waals surface area contributed by atoms with Crippen molar-refractivity contribution in [3.63, 3.8) is 0 Å². The molecule has 0 aliphatic heterocycles. The van der Waals surface area contributed by atoms with Gasteiger partial charge in [0, 0.05) is 10.7 Å². The molecule has 0 heterocycles. The Morgan fingerprint density at radius 3 is 2.00 bits per heavy atom. The smallest absolute Gasteiger partial charge is 0.199 e. The number of nitrogens with zero attached hydrogens (tertiary/aromatic N) is 1. The molecule has 2 aromatic carbocycles. The third kappa shape index (κ3) is 4.27. The molecule has 0 saturated heterocycles. The summed E-state index contributed by atoms with van der Waals surface area (Å²) in [6.45, 7) is 6.40. The van der Waals surface area contributed by atoms with Crippen molar-refractivity contribution in [2.45, 2.75) is 31.1 Å². The summed E-state index contributed by atoms with van der Waals surface area (Å²) in [5, 5.41) is 0. The van der Waals surface area contributed by atoms with Gasteiger partial charge in [-0.05, 0) is 40.8 Å². The normalized spacial score (nSPS) is 12.7. The lowest BCUT2D eigenvalue weighted by Gasteiger charge is -2.18. The molecule has 0 radical (unpaired) electrons.